The first-order valence-corrected chi connectivity index (χ1v) is 15.3. The first-order valence-electron chi connectivity index (χ1n) is 13.7. The molecular weight excluding hydrogens is 438 g/mol. The molecule has 0 amide bonds. The number of rotatable bonds is 19. The van der Waals surface area contributed by atoms with Crippen LogP contribution in [-0.2, 0) is 0 Å². The minimum absolute atomic E-state index is 0.576. The van der Waals surface area contributed by atoms with Gasteiger partial charge in [-0.1, -0.05) is 91.9 Å². The summed E-state index contributed by atoms with van der Waals surface area (Å²) in [6.07, 6.45) is 19.3. The molecule has 0 bridgehead atoms. The Labute approximate surface area is 210 Å². The van der Waals surface area contributed by atoms with Crippen LogP contribution < -0.4 is 9.16 Å². The Hall–Kier alpha value is -1.95. The highest BCUT2D eigenvalue weighted by Gasteiger charge is 2.13. The fourth-order valence-corrected chi connectivity index (χ4v) is 5.21. The number of hydrogen-bond acceptors (Lipinski definition) is 5. The third-order valence-electron chi connectivity index (χ3n) is 6.69. The van der Waals surface area contributed by atoms with E-state index in [1.54, 1.807) is 18.6 Å². The van der Waals surface area contributed by atoms with E-state index >= 15 is 0 Å². The van der Waals surface area contributed by atoms with Crippen LogP contribution in [0.3, 0.4) is 0 Å². The van der Waals surface area contributed by atoms with E-state index in [0.717, 1.165) is 35.4 Å². The standard InChI is InChI=1S/C28H47N3O2Si/c1-5-7-9-10-11-12-19-32-27-22-30-25(21-31-27)28-26(17-13-18-29-28)33-34-20-14-16-24(4)23(3)15-8-6-2/h13,17-18,21-24H,5-12,14-16,19-20,34H2,1-4H3. The van der Waals surface area contributed by atoms with Gasteiger partial charge in [-0.3, -0.25) is 4.98 Å². The molecule has 2 aromatic rings. The summed E-state index contributed by atoms with van der Waals surface area (Å²) in [6.45, 7) is 10.0. The van der Waals surface area contributed by atoms with E-state index in [-0.39, 0.29) is 0 Å². The van der Waals surface area contributed by atoms with Crippen molar-refractivity contribution in [2.75, 3.05) is 6.61 Å². The van der Waals surface area contributed by atoms with Gasteiger partial charge in [-0.15, -0.1) is 0 Å². The maximum atomic E-state index is 6.23. The van der Waals surface area contributed by atoms with Crippen molar-refractivity contribution in [3.63, 3.8) is 0 Å². The molecule has 0 N–H and O–H groups in total. The number of pyridine rings is 1. The topological polar surface area (TPSA) is 57.1 Å². The van der Waals surface area contributed by atoms with Crippen molar-refractivity contribution < 1.29 is 9.16 Å². The van der Waals surface area contributed by atoms with Crippen LogP contribution in [0, 0.1) is 11.8 Å². The average Bonchev–Trinajstić information content (AvgIpc) is 2.87. The normalized spacial score (nSPS) is 13.3. The summed E-state index contributed by atoms with van der Waals surface area (Å²) >= 11 is 0. The summed E-state index contributed by atoms with van der Waals surface area (Å²) in [6, 6.07) is 5.11. The molecule has 34 heavy (non-hydrogen) atoms. The molecule has 2 unspecified atom stereocenters. The molecule has 5 nitrogen and oxygen atoms in total. The quantitative estimate of drug-likeness (QED) is 0.153. The van der Waals surface area contributed by atoms with Crippen LogP contribution in [0.4, 0.5) is 0 Å². The van der Waals surface area contributed by atoms with Crippen LogP contribution in [0.5, 0.6) is 11.6 Å². The van der Waals surface area contributed by atoms with E-state index in [1.807, 2.05) is 12.1 Å². The SMILES string of the molecule is CCCCCCCCOc1cnc(-c2ncccc2O[SiH2]CCCC(C)C(C)CCCC)cn1. The van der Waals surface area contributed by atoms with Gasteiger partial charge in [0.1, 0.15) is 17.1 Å². The van der Waals surface area contributed by atoms with Crippen LogP contribution in [0.2, 0.25) is 6.04 Å². The largest absolute Gasteiger partial charge is 0.548 e. The van der Waals surface area contributed by atoms with Gasteiger partial charge in [-0.2, -0.15) is 0 Å². The number of ether oxygens (including phenoxy) is 1. The van der Waals surface area contributed by atoms with E-state index in [9.17, 15) is 0 Å². The highest BCUT2D eigenvalue weighted by atomic mass is 28.2. The Morgan fingerprint density at radius 1 is 0.824 bits per heavy atom. The Balaban J connectivity index is 1.74. The smallest absolute Gasteiger partial charge is 0.232 e. The minimum atomic E-state index is -0.640. The molecule has 2 heterocycles. The third kappa shape index (κ3) is 11.0. The van der Waals surface area contributed by atoms with Crippen molar-refractivity contribution in [2.45, 2.75) is 104 Å². The second kappa shape index (κ2) is 17.5. The van der Waals surface area contributed by atoms with Crippen molar-refractivity contribution in [3.05, 3.63) is 30.7 Å². The van der Waals surface area contributed by atoms with Gasteiger partial charge >= 0.3 is 0 Å². The zero-order valence-corrected chi connectivity index (χ0v) is 23.5. The lowest BCUT2D eigenvalue weighted by Crippen LogP contribution is -2.09. The molecule has 0 aliphatic rings. The summed E-state index contributed by atoms with van der Waals surface area (Å²) in [7, 11) is -0.640. The fourth-order valence-electron chi connectivity index (χ4n) is 4.12. The molecule has 6 heteroatoms. The van der Waals surface area contributed by atoms with Gasteiger partial charge < -0.3 is 9.16 Å². The van der Waals surface area contributed by atoms with E-state index in [2.05, 4.69) is 42.6 Å². The van der Waals surface area contributed by atoms with Gasteiger partial charge in [0, 0.05) is 6.20 Å². The number of aromatic nitrogens is 3. The Morgan fingerprint density at radius 3 is 2.29 bits per heavy atom. The van der Waals surface area contributed by atoms with Crippen molar-refractivity contribution in [2.24, 2.45) is 11.8 Å². The molecule has 0 aliphatic heterocycles. The molecule has 190 valence electrons. The number of nitrogens with zero attached hydrogens (tertiary/aromatic N) is 3. The van der Waals surface area contributed by atoms with E-state index in [0.29, 0.717) is 12.5 Å². The molecule has 2 rings (SSSR count). The van der Waals surface area contributed by atoms with Crippen LogP contribution in [-0.4, -0.2) is 31.3 Å². The summed E-state index contributed by atoms with van der Waals surface area (Å²) in [5.41, 5.74) is 1.50. The molecule has 2 atom stereocenters. The van der Waals surface area contributed by atoms with Crippen LogP contribution >= 0.6 is 0 Å². The maximum absolute atomic E-state index is 6.23. The van der Waals surface area contributed by atoms with Crippen molar-refractivity contribution in [3.8, 4) is 23.0 Å². The molecule has 2 aromatic heterocycles. The summed E-state index contributed by atoms with van der Waals surface area (Å²) in [5.74, 6) is 3.02. The van der Waals surface area contributed by atoms with Gasteiger partial charge in [0.05, 0.1) is 19.0 Å². The Kier molecular flexibility index (Phi) is 14.5. The molecule has 0 radical (unpaired) electrons. The first kappa shape index (κ1) is 28.3. The predicted molar refractivity (Wildman–Crippen MR) is 145 cm³/mol. The minimum Gasteiger partial charge on any atom is -0.548 e. The lowest BCUT2D eigenvalue weighted by molar-refractivity contribution is 0.292. The summed E-state index contributed by atoms with van der Waals surface area (Å²) in [5, 5.41) is 0. The lowest BCUT2D eigenvalue weighted by atomic mass is 9.88. The van der Waals surface area contributed by atoms with Crippen molar-refractivity contribution in [1.29, 1.82) is 0 Å². The van der Waals surface area contributed by atoms with Crippen LogP contribution in [0.15, 0.2) is 30.7 Å². The van der Waals surface area contributed by atoms with E-state index in [4.69, 9.17) is 9.16 Å². The summed E-state index contributed by atoms with van der Waals surface area (Å²) < 4.78 is 12.0. The molecule has 0 aliphatic carbocycles. The van der Waals surface area contributed by atoms with Crippen LogP contribution in [0.25, 0.3) is 11.4 Å². The highest BCUT2D eigenvalue weighted by Crippen LogP contribution is 2.27. The van der Waals surface area contributed by atoms with E-state index < -0.39 is 9.76 Å². The third-order valence-corrected chi connectivity index (χ3v) is 7.99. The monoisotopic (exact) mass is 485 g/mol. The van der Waals surface area contributed by atoms with E-state index in [1.165, 1.54) is 70.3 Å². The second-order valence-electron chi connectivity index (χ2n) is 9.65. The molecule has 0 fully saturated rings. The van der Waals surface area contributed by atoms with Gasteiger partial charge in [0.15, 0.2) is 0 Å². The zero-order valence-electron chi connectivity index (χ0n) is 22.1. The van der Waals surface area contributed by atoms with Crippen molar-refractivity contribution >= 4 is 9.76 Å². The number of hydrogen-bond donors (Lipinski definition) is 0. The summed E-state index contributed by atoms with van der Waals surface area (Å²) in [4.78, 5) is 13.5. The average molecular weight is 486 g/mol. The zero-order chi connectivity index (χ0) is 24.4. The second-order valence-corrected chi connectivity index (χ2v) is 11.1. The maximum Gasteiger partial charge on any atom is 0.232 e. The predicted octanol–water partition coefficient (Wildman–Crippen LogP) is 7.40. The van der Waals surface area contributed by atoms with Gasteiger partial charge in [0.25, 0.3) is 0 Å². The van der Waals surface area contributed by atoms with Gasteiger partial charge in [-0.25, -0.2) is 9.97 Å². The van der Waals surface area contributed by atoms with Gasteiger partial charge in [0.2, 0.25) is 15.6 Å². The first-order chi connectivity index (χ1) is 16.7. The van der Waals surface area contributed by atoms with Gasteiger partial charge in [-0.05, 0) is 36.4 Å². The molecule has 0 aromatic carbocycles. The highest BCUT2D eigenvalue weighted by molar-refractivity contribution is 6.28. The Morgan fingerprint density at radius 2 is 1.56 bits per heavy atom. The molecule has 0 saturated heterocycles. The van der Waals surface area contributed by atoms with Crippen LogP contribution in [0.1, 0.15) is 98.3 Å². The molecule has 0 spiro atoms. The number of unbranched alkanes of at least 4 members (excludes halogenated alkanes) is 6. The Bertz CT molecular complexity index is 773. The fraction of sp³-hybridized carbons (Fsp3) is 0.679. The molecular formula is C28H47N3O2Si. The lowest BCUT2D eigenvalue weighted by Gasteiger charge is -2.19. The molecule has 0 saturated carbocycles. The van der Waals surface area contributed by atoms with Crippen molar-refractivity contribution in [1.82, 2.24) is 15.0 Å².